The van der Waals surface area contributed by atoms with Gasteiger partial charge in [-0.1, -0.05) is 68.8 Å². The first kappa shape index (κ1) is 38.1. The first-order chi connectivity index (χ1) is 22.5. The molecule has 8 nitrogen and oxygen atoms in total. The predicted molar refractivity (Wildman–Crippen MR) is 176 cm³/mol. The molecule has 48 heavy (non-hydrogen) atoms. The zero-order valence-electron chi connectivity index (χ0n) is 27.3. The summed E-state index contributed by atoms with van der Waals surface area (Å²) in [6, 6.07) is 13.2. The van der Waals surface area contributed by atoms with Gasteiger partial charge in [-0.05, 0) is 42.4 Å². The fraction of sp³-hybridized carbons (Fsp3) is 0.412. The number of amides is 3. The molecule has 3 aliphatic rings. The highest BCUT2D eigenvalue weighted by atomic mass is 32.1. The van der Waals surface area contributed by atoms with Crippen LogP contribution in [0, 0.1) is 24.2 Å². The number of carbonyl (C=O) groups excluding carboxylic acids is 3. The summed E-state index contributed by atoms with van der Waals surface area (Å²) < 4.78 is 59.2. The van der Waals surface area contributed by atoms with Gasteiger partial charge in [0.1, 0.15) is 11.9 Å². The van der Waals surface area contributed by atoms with Crippen molar-refractivity contribution in [2.75, 3.05) is 6.54 Å². The third-order valence-corrected chi connectivity index (χ3v) is 9.00. The van der Waals surface area contributed by atoms with Crippen molar-refractivity contribution in [1.82, 2.24) is 15.5 Å². The average molecular weight is 694 g/mol. The van der Waals surface area contributed by atoms with E-state index in [-0.39, 0.29) is 48.3 Å². The molecular weight excluding hydrogens is 653 g/mol. The zero-order chi connectivity index (χ0) is 36.0. The molecule has 2 aliphatic carbocycles. The zero-order valence-corrected chi connectivity index (χ0v) is 28.1. The number of hydrogen-bond donors (Lipinski definition) is 4. The van der Waals surface area contributed by atoms with Crippen molar-refractivity contribution in [2.24, 2.45) is 17.6 Å². The number of rotatable bonds is 7. The number of halogens is 5. The number of likely N-dealkylation sites (tertiary alicyclic amines) is 1. The summed E-state index contributed by atoms with van der Waals surface area (Å²) in [6.07, 6.45) is -2.85. The monoisotopic (exact) mass is 693 g/mol. The van der Waals surface area contributed by atoms with E-state index in [1.54, 1.807) is 40.6 Å². The number of nitrogens with one attached hydrogen (secondary N) is 3. The Hall–Kier alpha value is -4.33. The number of amidine groups is 1. The molecule has 1 saturated carbocycles. The molecule has 2 aromatic carbocycles. The SMILES string of the molecule is CC.CC(F)(F)F.CC1C2CC(C(=O)NCc3cc(C(=N)N)cs3)N(C(=O)CNC=O)C12.Cc1ccc2c(c1)-c1ccccc1C2(F)F. The minimum absolute atomic E-state index is 0.00172. The molecule has 1 saturated heterocycles. The van der Waals surface area contributed by atoms with E-state index in [0.29, 0.717) is 47.9 Å². The van der Waals surface area contributed by atoms with Crippen LogP contribution >= 0.6 is 11.3 Å². The maximum atomic E-state index is 14.1. The van der Waals surface area contributed by atoms with Crippen LogP contribution in [0.3, 0.4) is 0 Å². The summed E-state index contributed by atoms with van der Waals surface area (Å²) in [5, 5.41) is 14.4. The maximum absolute atomic E-state index is 14.1. The number of nitrogens with two attached hydrogens (primary N) is 1. The van der Waals surface area contributed by atoms with Crippen LogP contribution in [0.4, 0.5) is 22.0 Å². The Bertz CT molecular complexity index is 1620. The Morgan fingerprint density at radius 3 is 2.33 bits per heavy atom. The normalized spacial score (nSPS) is 20.5. The number of hydrogen-bond acceptors (Lipinski definition) is 5. The van der Waals surface area contributed by atoms with Gasteiger partial charge in [-0.25, -0.2) is 0 Å². The van der Waals surface area contributed by atoms with Gasteiger partial charge in [0.25, 0.3) is 5.92 Å². The number of nitrogens with zero attached hydrogens (tertiary/aromatic N) is 1. The van der Waals surface area contributed by atoms with Gasteiger partial charge in [-0.15, -0.1) is 11.3 Å². The molecule has 3 aromatic rings. The third kappa shape index (κ3) is 8.97. The smallest absolute Gasteiger partial charge is 0.384 e. The van der Waals surface area contributed by atoms with Crippen LogP contribution in [0.1, 0.15) is 61.2 Å². The molecule has 0 bridgehead atoms. The number of benzene rings is 2. The van der Waals surface area contributed by atoms with Crippen LogP contribution in [0.2, 0.25) is 0 Å². The molecule has 260 valence electrons. The Labute approximate surface area is 280 Å². The van der Waals surface area contributed by atoms with Crippen molar-refractivity contribution in [2.45, 2.75) is 71.8 Å². The molecule has 6 rings (SSSR count). The van der Waals surface area contributed by atoms with E-state index in [1.165, 1.54) is 23.5 Å². The van der Waals surface area contributed by atoms with Gasteiger partial charge in [0.15, 0.2) is 0 Å². The van der Waals surface area contributed by atoms with Crippen LogP contribution in [0.15, 0.2) is 53.9 Å². The number of aryl methyl sites for hydroxylation is 1. The molecule has 3 amide bonds. The van der Waals surface area contributed by atoms with Crippen LogP contribution < -0.4 is 16.4 Å². The Morgan fingerprint density at radius 2 is 1.73 bits per heavy atom. The quantitative estimate of drug-likeness (QED) is 0.0997. The number of alkyl halides is 5. The maximum Gasteiger partial charge on any atom is 0.386 e. The van der Waals surface area contributed by atoms with Crippen molar-refractivity contribution in [3.8, 4) is 11.1 Å². The fourth-order valence-electron chi connectivity index (χ4n) is 5.91. The van der Waals surface area contributed by atoms with E-state index in [0.717, 1.165) is 10.4 Å². The lowest BCUT2D eigenvalue weighted by Crippen LogP contribution is -2.50. The number of thiophene rings is 1. The summed E-state index contributed by atoms with van der Waals surface area (Å²) in [6.45, 7) is 8.43. The largest absolute Gasteiger partial charge is 0.386 e. The Kier molecular flexibility index (Phi) is 12.5. The Morgan fingerprint density at radius 1 is 1.10 bits per heavy atom. The third-order valence-electron chi connectivity index (χ3n) is 8.06. The second-order valence-corrected chi connectivity index (χ2v) is 12.4. The van der Waals surface area contributed by atoms with Gasteiger partial charge in [-0.3, -0.25) is 19.8 Å². The topological polar surface area (TPSA) is 128 Å². The molecule has 2 heterocycles. The summed E-state index contributed by atoms with van der Waals surface area (Å²) in [4.78, 5) is 37.9. The van der Waals surface area contributed by atoms with E-state index >= 15 is 0 Å². The number of piperidine rings is 1. The highest BCUT2D eigenvalue weighted by Gasteiger charge is 2.61. The molecule has 5 N–H and O–H groups in total. The lowest BCUT2D eigenvalue weighted by atomic mass is 10.0. The molecule has 4 unspecified atom stereocenters. The standard InChI is InChI=1S/C16H21N5O3S.C14H10F2.C2H3F3.C2H6/c1-8-11-3-12(21(14(8)11)13(23)5-19-7-22)16(24)20-4-10-2-9(6-25-10)15(17)18;1-9-6-7-13-11(8-9)10-4-2-3-5-12(10)14(13,15)16;1-2(3,4)5;1-2/h2,6-8,11-12,14H,3-5H2,1H3,(H3,17,18)(H,19,22)(H,20,24);2-8H,1H3;1H3;1-2H3. The molecule has 4 atom stereocenters. The Balaban J connectivity index is 0.000000231. The number of fused-ring (bicyclic) bond motifs is 4. The molecule has 1 aliphatic heterocycles. The van der Waals surface area contributed by atoms with E-state index in [1.807, 2.05) is 26.8 Å². The van der Waals surface area contributed by atoms with Gasteiger partial charge in [0.2, 0.25) is 18.2 Å². The van der Waals surface area contributed by atoms with Gasteiger partial charge >= 0.3 is 6.18 Å². The van der Waals surface area contributed by atoms with Crippen LogP contribution in [-0.4, -0.2) is 53.8 Å². The molecule has 2 fully saturated rings. The van der Waals surface area contributed by atoms with Gasteiger partial charge in [0.05, 0.1) is 13.1 Å². The van der Waals surface area contributed by atoms with Gasteiger partial charge < -0.3 is 21.3 Å². The minimum atomic E-state index is -4.00. The highest BCUT2D eigenvalue weighted by Crippen LogP contribution is 2.53. The van der Waals surface area contributed by atoms with Crippen molar-refractivity contribution in [1.29, 1.82) is 5.41 Å². The van der Waals surface area contributed by atoms with E-state index < -0.39 is 18.1 Å². The van der Waals surface area contributed by atoms with E-state index in [9.17, 15) is 36.3 Å². The van der Waals surface area contributed by atoms with E-state index in [4.69, 9.17) is 11.1 Å². The van der Waals surface area contributed by atoms with Gasteiger partial charge in [0, 0.05) is 39.9 Å². The molecule has 1 aromatic heterocycles. The average Bonchev–Trinajstić information content (AvgIpc) is 3.40. The van der Waals surface area contributed by atoms with E-state index in [2.05, 4.69) is 17.6 Å². The van der Waals surface area contributed by atoms with Crippen molar-refractivity contribution < 1.29 is 36.3 Å². The lowest BCUT2D eigenvalue weighted by molar-refractivity contribution is -0.139. The van der Waals surface area contributed by atoms with Crippen LogP contribution in [0.5, 0.6) is 0 Å². The second-order valence-electron chi connectivity index (χ2n) is 11.4. The van der Waals surface area contributed by atoms with Crippen LogP contribution in [-0.2, 0) is 26.9 Å². The van der Waals surface area contributed by atoms with Crippen molar-refractivity contribution in [3.63, 3.8) is 0 Å². The predicted octanol–water partition coefficient (Wildman–Crippen LogP) is 6.34. The van der Waals surface area contributed by atoms with Crippen molar-refractivity contribution >= 4 is 35.4 Å². The number of carbonyl (C=O) groups is 3. The highest BCUT2D eigenvalue weighted by molar-refractivity contribution is 7.10. The summed E-state index contributed by atoms with van der Waals surface area (Å²) >= 11 is 1.43. The first-order valence-corrected chi connectivity index (χ1v) is 16.3. The molecule has 0 radical (unpaired) electrons. The van der Waals surface area contributed by atoms with Crippen LogP contribution in [0.25, 0.3) is 11.1 Å². The summed E-state index contributed by atoms with van der Waals surface area (Å²) in [5.41, 5.74) is 8.65. The second kappa shape index (κ2) is 15.7. The number of nitrogen functional groups attached to an aromatic ring is 1. The summed E-state index contributed by atoms with van der Waals surface area (Å²) in [5.74, 6) is -2.49. The fourth-order valence-corrected chi connectivity index (χ4v) is 6.73. The lowest BCUT2D eigenvalue weighted by Gasteiger charge is -2.27. The van der Waals surface area contributed by atoms with Gasteiger partial charge in [-0.2, -0.15) is 22.0 Å². The first-order valence-electron chi connectivity index (χ1n) is 15.4. The molecule has 0 spiro atoms. The molecule has 14 heteroatoms. The van der Waals surface area contributed by atoms with Crippen molar-refractivity contribution in [3.05, 3.63) is 81.0 Å². The summed E-state index contributed by atoms with van der Waals surface area (Å²) in [7, 11) is 0. The minimum Gasteiger partial charge on any atom is -0.384 e. The molecular formula is C34H40F5N5O3S.